The summed E-state index contributed by atoms with van der Waals surface area (Å²) >= 11 is 0. The molecule has 16 heteroatoms. The van der Waals surface area contributed by atoms with Gasteiger partial charge in [0.1, 0.15) is 13.1 Å². The van der Waals surface area contributed by atoms with Crippen molar-refractivity contribution in [3.8, 4) is 0 Å². The molecule has 244 valence electrons. The van der Waals surface area contributed by atoms with E-state index in [9.17, 15) is 53.4 Å². The zero-order chi connectivity index (χ0) is 31.3. The molecule has 0 atom stereocenters. The zero-order valence-electron chi connectivity index (χ0n) is 23.6. The number of aliphatic hydroxyl groups is 2. The van der Waals surface area contributed by atoms with Gasteiger partial charge >= 0.3 is 11.0 Å². The summed E-state index contributed by atoms with van der Waals surface area (Å²) < 4.78 is 110. The summed E-state index contributed by atoms with van der Waals surface area (Å²) in [7, 11) is -13.4. The number of sulfonamides is 2. The van der Waals surface area contributed by atoms with Gasteiger partial charge in [0.25, 0.3) is 0 Å². The molecule has 0 aliphatic carbocycles. The molecule has 0 spiro atoms. The molecule has 0 saturated heterocycles. The van der Waals surface area contributed by atoms with Gasteiger partial charge in [-0.15, -0.1) is 0 Å². The molecule has 0 rings (SSSR count). The highest BCUT2D eigenvalue weighted by atomic mass is 32.3. The van der Waals surface area contributed by atoms with E-state index in [-0.39, 0.29) is 13.2 Å². The van der Waals surface area contributed by atoms with Crippen LogP contribution in [0.25, 0.3) is 4.13 Å². The van der Waals surface area contributed by atoms with Gasteiger partial charge < -0.3 is 18.8 Å². The first kappa shape index (κ1) is 41.5. The third-order valence-electron chi connectivity index (χ3n) is 6.59. The average molecular weight is 639 g/mol. The molecule has 8 nitrogen and oxygen atoms in total. The van der Waals surface area contributed by atoms with E-state index in [1.165, 1.54) is 89.9 Å². The predicted molar refractivity (Wildman–Crippen MR) is 143 cm³/mol. The number of hydrogen-bond acceptors (Lipinski definition) is 6. The molecule has 0 unspecified atom stereocenters. The number of alkyl halides is 6. The molecule has 0 aromatic heterocycles. The molecule has 0 fully saturated rings. The monoisotopic (exact) mass is 638 g/mol. The second-order valence-corrected chi connectivity index (χ2v) is 13.2. The minimum Gasteiger partial charge on any atom is -0.421 e. The molecule has 0 saturated carbocycles. The largest absolute Gasteiger partial charge is 0.480 e. The highest BCUT2D eigenvalue weighted by Crippen LogP contribution is 2.36. The fraction of sp³-hybridized carbons (Fsp3) is 1.00. The van der Waals surface area contributed by atoms with Gasteiger partial charge in [0.2, 0.25) is 0 Å². The summed E-state index contributed by atoms with van der Waals surface area (Å²) in [5.41, 5.74) is -12.4. The Morgan fingerprint density at radius 1 is 0.550 bits per heavy atom. The Hall–Kier alpha value is -0.680. The molecule has 0 aromatic rings. The van der Waals surface area contributed by atoms with E-state index in [4.69, 9.17) is 0 Å². The van der Waals surface area contributed by atoms with Crippen molar-refractivity contribution in [2.24, 2.45) is 0 Å². The first-order chi connectivity index (χ1) is 18.4. The summed E-state index contributed by atoms with van der Waals surface area (Å²) in [5, 5.41) is 18.6. The van der Waals surface area contributed by atoms with Crippen molar-refractivity contribution in [1.29, 1.82) is 0 Å². The first-order valence-electron chi connectivity index (χ1n) is 13.9. The van der Waals surface area contributed by atoms with Gasteiger partial charge in [-0.25, -0.2) is 16.8 Å². The summed E-state index contributed by atoms with van der Waals surface area (Å²) in [6.07, 6.45) is 19.5. The Bertz CT molecular complexity index is 790. The number of quaternary nitrogens is 1. The van der Waals surface area contributed by atoms with E-state index in [0.717, 1.165) is 34.8 Å². The standard InChI is InChI=1S/C22H48NO2.C2F6NO4S2/c1-3-5-6-7-8-9-10-11-12-13-14-15-16-17-18-23(4-2,19-21-24)20-22-25;3-1(4,5)14(10,11)9-15(12,13)2(6,7)8/h24-25H,3-22H2,1-2H3;/q+1;-1. The van der Waals surface area contributed by atoms with Crippen molar-refractivity contribution in [2.75, 3.05) is 39.4 Å². The van der Waals surface area contributed by atoms with Gasteiger partial charge in [0.05, 0.1) is 26.3 Å². The Morgan fingerprint density at radius 2 is 0.850 bits per heavy atom. The Morgan fingerprint density at radius 3 is 1.10 bits per heavy atom. The first-order valence-corrected chi connectivity index (χ1v) is 16.8. The van der Waals surface area contributed by atoms with Crippen LogP contribution in [0.4, 0.5) is 26.3 Å². The highest BCUT2D eigenvalue weighted by Gasteiger charge is 2.46. The number of likely N-dealkylation sites (N-methyl/N-ethyl adjacent to an activating group) is 1. The van der Waals surface area contributed by atoms with Crippen molar-refractivity contribution < 1.29 is 57.9 Å². The molecule has 0 heterocycles. The molecule has 0 aliphatic rings. The molecule has 40 heavy (non-hydrogen) atoms. The SMILES string of the molecule is CCCCCCCCCCCCCCCC[N+](CC)(CCO)CCO.O=S(=O)([N-]S(=O)(=O)C(F)(F)F)C(F)(F)F. The van der Waals surface area contributed by atoms with Crippen LogP contribution in [-0.2, 0) is 20.0 Å². The van der Waals surface area contributed by atoms with Crippen LogP contribution in [0, 0.1) is 0 Å². The highest BCUT2D eigenvalue weighted by molar-refractivity contribution is 8.13. The van der Waals surface area contributed by atoms with E-state index in [0.29, 0.717) is 0 Å². The molecule has 0 bridgehead atoms. The number of nitrogens with zero attached hydrogens (tertiary/aromatic N) is 2. The van der Waals surface area contributed by atoms with Gasteiger partial charge in [-0.2, -0.15) is 26.3 Å². The van der Waals surface area contributed by atoms with Crippen molar-refractivity contribution in [3.05, 3.63) is 4.13 Å². The average Bonchev–Trinajstić information content (AvgIpc) is 2.83. The molecule has 0 radical (unpaired) electrons. The maximum absolute atomic E-state index is 11.4. The summed E-state index contributed by atoms with van der Waals surface area (Å²) in [6, 6.07) is 0. The van der Waals surface area contributed by atoms with Crippen LogP contribution in [-0.4, -0.2) is 81.9 Å². The predicted octanol–water partition coefficient (Wildman–Crippen LogP) is 6.35. The number of hydrogen-bond donors (Lipinski definition) is 2. The van der Waals surface area contributed by atoms with Crippen molar-refractivity contribution in [1.82, 2.24) is 0 Å². The Labute approximate surface area is 236 Å². The van der Waals surface area contributed by atoms with Gasteiger partial charge in [0.15, 0.2) is 20.0 Å². The summed E-state index contributed by atoms with van der Waals surface area (Å²) in [5.74, 6) is 0. The topological polar surface area (TPSA) is 123 Å². The van der Waals surface area contributed by atoms with Crippen LogP contribution in [0.1, 0.15) is 104 Å². The Kier molecular flexibility index (Phi) is 21.8. The molecule has 0 aliphatic heterocycles. The normalized spacial score (nSPS) is 13.2. The minimum absolute atomic E-state index is 0.229. The quantitative estimate of drug-likeness (QED) is 0.0810. The van der Waals surface area contributed by atoms with Crippen molar-refractivity contribution in [3.63, 3.8) is 0 Å². The minimum atomic E-state index is -6.72. The maximum Gasteiger partial charge on any atom is 0.480 e. The van der Waals surface area contributed by atoms with E-state index in [1.807, 2.05) is 0 Å². The lowest BCUT2D eigenvalue weighted by molar-refractivity contribution is -0.927. The van der Waals surface area contributed by atoms with Gasteiger partial charge in [0, 0.05) is 0 Å². The lowest BCUT2D eigenvalue weighted by atomic mass is 10.0. The fourth-order valence-electron chi connectivity index (χ4n) is 4.09. The van der Waals surface area contributed by atoms with Crippen LogP contribution in [0.3, 0.4) is 0 Å². The lowest BCUT2D eigenvalue weighted by Crippen LogP contribution is -2.52. The van der Waals surface area contributed by atoms with E-state index in [1.54, 1.807) is 0 Å². The lowest BCUT2D eigenvalue weighted by Gasteiger charge is -2.37. The van der Waals surface area contributed by atoms with Crippen molar-refractivity contribution in [2.45, 2.75) is 115 Å². The second kappa shape index (κ2) is 21.1. The summed E-state index contributed by atoms with van der Waals surface area (Å²) in [4.78, 5) is 0. The van der Waals surface area contributed by atoms with E-state index in [2.05, 4.69) is 13.8 Å². The Balaban J connectivity index is 0. The molecular weight excluding hydrogens is 590 g/mol. The zero-order valence-corrected chi connectivity index (χ0v) is 25.3. The maximum atomic E-state index is 11.4. The third-order valence-corrected chi connectivity index (χ3v) is 9.33. The van der Waals surface area contributed by atoms with Crippen LogP contribution < -0.4 is 0 Å². The molecule has 0 amide bonds. The van der Waals surface area contributed by atoms with Crippen LogP contribution in [0.15, 0.2) is 0 Å². The molecule has 2 N–H and O–H groups in total. The summed E-state index contributed by atoms with van der Waals surface area (Å²) in [6.45, 7) is 8.61. The number of unbranched alkanes of at least 4 members (excludes halogenated alkanes) is 13. The van der Waals surface area contributed by atoms with Crippen LogP contribution >= 0.6 is 0 Å². The number of halogens is 6. The van der Waals surface area contributed by atoms with E-state index < -0.39 is 31.1 Å². The smallest absolute Gasteiger partial charge is 0.421 e. The molecular formula is C24H48F6N2O6S2. The number of rotatable bonds is 22. The number of aliphatic hydroxyl groups excluding tert-OH is 2. The van der Waals surface area contributed by atoms with Gasteiger partial charge in [-0.1, -0.05) is 84.0 Å². The van der Waals surface area contributed by atoms with E-state index >= 15 is 0 Å². The molecule has 0 aromatic carbocycles. The van der Waals surface area contributed by atoms with Gasteiger partial charge in [-0.3, -0.25) is 0 Å². The van der Waals surface area contributed by atoms with Gasteiger partial charge in [-0.05, 0) is 19.8 Å². The third kappa shape index (κ3) is 18.7. The fourth-order valence-corrected chi connectivity index (χ4v) is 5.80. The van der Waals surface area contributed by atoms with Crippen molar-refractivity contribution >= 4 is 20.0 Å². The second-order valence-electron chi connectivity index (χ2n) is 9.79. The van der Waals surface area contributed by atoms with Crippen LogP contribution in [0.2, 0.25) is 0 Å². The van der Waals surface area contributed by atoms with Crippen LogP contribution in [0.5, 0.6) is 0 Å².